The van der Waals surface area contributed by atoms with Crippen molar-refractivity contribution in [3.8, 4) is 22.6 Å². The van der Waals surface area contributed by atoms with Crippen LogP contribution in [0.5, 0.6) is 11.5 Å². The summed E-state index contributed by atoms with van der Waals surface area (Å²) in [6.07, 6.45) is 17.4. The van der Waals surface area contributed by atoms with Crippen molar-refractivity contribution in [2.24, 2.45) is 5.92 Å². The minimum absolute atomic E-state index is 0.347. The van der Waals surface area contributed by atoms with Crippen molar-refractivity contribution >= 4 is 5.97 Å². The van der Waals surface area contributed by atoms with Crippen LogP contribution in [-0.4, -0.2) is 31.1 Å². The lowest BCUT2D eigenvalue weighted by Crippen LogP contribution is -2.23. The molecule has 3 rings (SSSR count). The Labute approximate surface area is 268 Å². The van der Waals surface area contributed by atoms with Gasteiger partial charge in [-0.05, 0) is 72.5 Å². The summed E-state index contributed by atoms with van der Waals surface area (Å²) in [6, 6.07) is 23.6. The number of nitrogens with zero attached hydrogens (tertiary/aromatic N) is 1. The molecule has 0 fully saturated rings. The predicted octanol–water partition coefficient (Wildman–Crippen LogP) is 11.1. The number of unbranched alkanes of at least 4 members (excludes halogenated alkanes) is 11. The SMILES string of the molecule is CCCCCCCCCCCCCCOc1ccc(-c2ccc(C(=O)Oc3ccc(CN(C)C[C@@H](C)CC)cc3)cc2)cc1. The van der Waals surface area contributed by atoms with E-state index in [-0.39, 0.29) is 5.97 Å². The number of carbonyl (C=O) groups is 1. The highest BCUT2D eigenvalue weighted by Crippen LogP contribution is 2.24. The van der Waals surface area contributed by atoms with Crippen LogP contribution in [0.15, 0.2) is 72.8 Å². The highest BCUT2D eigenvalue weighted by atomic mass is 16.5. The summed E-state index contributed by atoms with van der Waals surface area (Å²) in [5.74, 6) is 1.80. The van der Waals surface area contributed by atoms with E-state index in [1.807, 2.05) is 60.7 Å². The number of hydrogen-bond acceptors (Lipinski definition) is 4. The lowest BCUT2D eigenvalue weighted by atomic mass is 10.0. The molecule has 0 bridgehead atoms. The van der Waals surface area contributed by atoms with Crippen molar-refractivity contribution < 1.29 is 14.3 Å². The number of rotatable bonds is 22. The van der Waals surface area contributed by atoms with E-state index in [9.17, 15) is 4.79 Å². The largest absolute Gasteiger partial charge is 0.494 e. The van der Waals surface area contributed by atoms with Gasteiger partial charge >= 0.3 is 5.97 Å². The molecular weight excluding hydrogens is 542 g/mol. The second kappa shape index (κ2) is 20.8. The summed E-state index contributed by atoms with van der Waals surface area (Å²) in [7, 11) is 2.15. The number of hydrogen-bond donors (Lipinski definition) is 0. The van der Waals surface area contributed by atoms with Crippen molar-refractivity contribution in [1.82, 2.24) is 4.90 Å². The van der Waals surface area contributed by atoms with Gasteiger partial charge in [-0.3, -0.25) is 0 Å². The number of esters is 1. The summed E-state index contributed by atoms with van der Waals surface area (Å²) >= 11 is 0. The van der Waals surface area contributed by atoms with Gasteiger partial charge in [-0.2, -0.15) is 0 Å². The Morgan fingerprint density at radius 3 is 1.70 bits per heavy atom. The number of carbonyl (C=O) groups excluding carboxylic acids is 1. The van der Waals surface area contributed by atoms with Crippen LogP contribution < -0.4 is 9.47 Å². The summed E-state index contributed by atoms with van der Waals surface area (Å²) in [5.41, 5.74) is 3.89. The van der Waals surface area contributed by atoms with Crippen LogP contribution in [0.4, 0.5) is 0 Å². The monoisotopic (exact) mass is 599 g/mol. The Morgan fingerprint density at radius 1 is 0.659 bits per heavy atom. The van der Waals surface area contributed by atoms with Crippen molar-refractivity contribution in [1.29, 1.82) is 0 Å². The smallest absolute Gasteiger partial charge is 0.343 e. The molecule has 0 heterocycles. The summed E-state index contributed by atoms with van der Waals surface area (Å²) < 4.78 is 11.6. The summed E-state index contributed by atoms with van der Waals surface area (Å²) in [4.78, 5) is 15.1. The fourth-order valence-corrected chi connectivity index (χ4v) is 5.54. The third kappa shape index (κ3) is 13.7. The molecule has 0 saturated carbocycles. The molecule has 3 aromatic rings. The maximum absolute atomic E-state index is 12.7. The molecule has 0 aliphatic rings. The van der Waals surface area contributed by atoms with Crippen molar-refractivity contribution in [3.63, 3.8) is 0 Å². The molecule has 4 heteroatoms. The van der Waals surface area contributed by atoms with Crippen molar-refractivity contribution in [2.45, 2.75) is 111 Å². The van der Waals surface area contributed by atoms with Gasteiger partial charge in [0.15, 0.2) is 0 Å². The average Bonchev–Trinajstić information content (AvgIpc) is 3.04. The normalized spacial score (nSPS) is 11.9. The van der Waals surface area contributed by atoms with Crippen molar-refractivity contribution in [3.05, 3.63) is 83.9 Å². The molecule has 0 N–H and O–H groups in total. The molecule has 240 valence electrons. The molecule has 0 aliphatic heterocycles. The molecule has 0 unspecified atom stereocenters. The van der Waals surface area contributed by atoms with E-state index in [4.69, 9.17) is 9.47 Å². The van der Waals surface area contributed by atoms with E-state index in [0.717, 1.165) is 43.0 Å². The Balaban J connectivity index is 1.33. The van der Waals surface area contributed by atoms with Crippen LogP contribution in [0.2, 0.25) is 0 Å². The maximum atomic E-state index is 12.7. The Morgan fingerprint density at radius 2 is 1.16 bits per heavy atom. The molecular formula is C40H57NO3. The predicted molar refractivity (Wildman–Crippen MR) is 186 cm³/mol. The first-order chi connectivity index (χ1) is 21.5. The van der Waals surface area contributed by atoms with E-state index in [0.29, 0.717) is 17.2 Å². The third-order valence-corrected chi connectivity index (χ3v) is 8.48. The van der Waals surface area contributed by atoms with Gasteiger partial charge in [0.2, 0.25) is 0 Å². The van der Waals surface area contributed by atoms with Gasteiger partial charge in [0.05, 0.1) is 12.2 Å². The van der Waals surface area contributed by atoms with Gasteiger partial charge in [-0.1, -0.05) is 134 Å². The Kier molecular flexibility index (Phi) is 16.7. The van der Waals surface area contributed by atoms with Gasteiger partial charge in [-0.15, -0.1) is 0 Å². The highest BCUT2D eigenvalue weighted by molar-refractivity contribution is 5.91. The fourth-order valence-electron chi connectivity index (χ4n) is 5.54. The molecule has 3 aromatic carbocycles. The minimum Gasteiger partial charge on any atom is -0.494 e. The molecule has 0 saturated heterocycles. The summed E-state index contributed by atoms with van der Waals surface area (Å²) in [5, 5.41) is 0. The highest BCUT2D eigenvalue weighted by Gasteiger charge is 2.10. The quantitative estimate of drug-likeness (QED) is 0.0654. The Bertz CT molecular complexity index is 1170. The zero-order valence-corrected chi connectivity index (χ0v) is 28.0. The van der Waals surface area contributed by atoms with Gasteiger partial charge in [0, 0.05) is 13.1 Å². The lowest BCUT2D eigenvalue weighted by molar-refractivity contribution is 0.0734. The van der Waals surface area contributed by atoms with Crippen LogP contribution in [0.3, 0.4) is 0 Å². The van der Waals surface area contributed by atoms with E-state index in [1.54, 1.807) is 0 Å². The van der Waals surface area contributed by atoms with Gasteiger partial charge in [0.25, 0.3) is 0 Å². The first-order valence-corrected chi connectivity index (χ1v) is 17.3. The summed E-state index contributed by atoms with van der Waals surface area (Å²) in [6.45, 7) is 9.50. The van der Waals surface area contributed by atoms with E-state index < -0.39 is 0 Å². The van der Waals surface area contributed by atoms with Gasteiger partial charge in [-0.25, -0.2) is 4.79 Å². The molecule has 4 nitrogen and oxygen atoms in total. The van der Waals surface area contributed by atoms with Crippen LogP contribution in [-0.2, 0) is 6.54 Å². The molecule has 0 spiro atoms. The van der Waals surface area contributed by atoms with E-state index in [1.165, 1.54) is 82.6 Å². The van der Waals surface area contributed by atoms with Crippen LogP contribution >= 0.6 is 0 Å². The first kappa shape index (κ1) is 35.4. The van der Waals surface area contributed by atoms with Crippen LogP contribution in [0.1, 0.15) is 120 Å². The topological polar surface area (TPSA) is 38.8 Å². The third-order valence-electron chi connectivity index (χ3n) is 8.48. The van der Waals surface area contributed by atoms with Gasteiger partial charge < -0.3 is 14.4 Å². The van der Waals surface area contributed by atoms with Gasteiger partial charge in [0.1, 0.15) is 11.5 Å². The number of benzene rings is 3. The second-order valence-corrected chi connectivity index (χ2v) is 12.6. The standard InChI is InChI=1S/C40H57NO3/c1-5-7-8-9-10-11-12-13-14-15-16-17-30-43-38-28-24-36(25-29-38)35-20-22-37(23-21-35)40(42)44-39-26-18-34(19-27-39)32-41(4)31-33(3)6-2/h18-29,33H,5-17,30-32H2,1-4H3/t33-/m0/s1. The Hall–Kier alpha value is -3.11. The van der Waals surface area contributed by atoms with Crippen LogP contribution in [0, 0.1) is 5.92 Å². The zero-order chi connectivity index (χ0) is 31.4. The minimum atomic E-state index is -0.347. The van der Waals surface area contributed by atoms with E-state index >= 15 is 0 Å². The molecule has 44 heavy (non-hydrogen) atoms. The van der Waals surface area contributed by atoms with Crippen LogP contribution in [0.25, 0.3) is 11.1 Å². The molecule has 0 amide bonds. The van der Waals surface area contributed by atoms with Crippen molar-refractivity contribution in [2.75, 3.05) is 20.2 Å². The molecule has 1 atom stereocenters. The average molecular weight is 600 g/mol. The first-order valence-electron chi connectivity index (χ1n) is 17.3. The zero-order valence-electron chi connectivity index (χ0n) is 28.0. The molecule has 0 aromatic heterocycles. The van der Waals surface area contributed by atoms with E-state index in [2.05, 4.69) is 44.9 Å². The second-order valence-electron chi connectivity index (χ2n) is 12.6. The number of ether oxygens (including phenoxy) is 2. The lowest BCUT2D eigenvalue weighted by Gasteiger charge is -2.20. The molecule has 0 aliphatic carbocycles. The molecule has 0 radical (unpaired) electrons. The maximum Gasteiger partial charge on any atom is 0.343 e. The fraction of sp³-hybridized carbons (Fsp3) is 0.525.